The largest absolute Gasteiger partial charge is 0.310 e. The second-order valence-corrected chi connectivity index (χ2v) is 15.7. The zero-order valence-corrected chi connectivity index (χ0v) is 33.1. The van der Waals surface area contributed by atoms with Gasteiger partial charge in [0.2, 0.25) is 0 Å². The first-order valence-electron chi connectivity index (χ1n) is 20.7. The number of hydrogen-bond donors (Lipinski definition) is 0. The fourth-order valence-electron chi connectivity index (χ4n) is 9.55. The molecule has 0 atom stereocenters. The first-order valence-corrected chi connectivity index (χ1v) is 20.7. The quantitative estimate of drug-likeness (QED) is 0.149. The Morgan fingerprint density at radius 3 is 1.42 bits per heavy atom. The van der Waals surface area contributed by atoms with Crippen LogP contribution in [-0.4, -0.2) is 0 Å². The molecule has 0 radical (unpaired) electrons. The minimum Gasteiger partial charge on any atom is -0.310 e. The van der Waals surface area contributed by atoms with Gasteiger partial charge in [0, 0.05) is 17.1 Å². The molecule has 0 amide bonds. The van der Waals surface area contributed by atoms with Crippen molar-refractivity contribution < 1.29 is 0 Å². The predicted molar refractivity (Wildman–Crippen MR) is 252 cm³/mol. The van der Waals surface area contributed by atoms with E-state index in [0.29, 0.717) is 0 Å². The lowest BCUT2D eigenvalue weighted by Crippen LogP contribution is -2.28. The highest BCUT2D eigenvalue weighted by atomic mass is 15.1. The molecule has 0 saturated carbocycles. The van der Waals surface area contributed by atoms with Crippen molar-refractivity contribution in [3.8, 4) is 44.5 Å². The van der Waals surface area contributed by atoms with Gasteiger partial charge >= 0.3 is 0 Å². The van der Waals surface area contributed by atoms with Crippen LogP contribution in [0.4, 0.5) is 17.1 Å². The second kappa shape index (κ2) is 14.9. The van der Waals surface area contributed by atoms with Gasteiger partial charge < -0.3 is 4.90 Å². The third-order valence-electron chi connectivity index (χ3n) is 12.3. The third kappa shape index (κ3) is 6.03. The van der Waals surface area contributed by atoms with Crippen molar-refractivity contribution in [1.29, 1.82) is 0 Å². The molecule has 0 N–H and O–H groups in total. The number of nitrogens with zero attached hydrogens (tertiary/aromatic N) is 1. The molecule has 10 aromatic carbocycles. The third-order valence-corrected chi connectivity index (χ3v) is 12.3. The lowest BCUT2D eigenvalue weighted by Gasteiger charge is -2.35. The van der Waals surface area contributed by atoms with E-state index in [9.17, 15) is 0 Å². The number of benzene rings is 10. The average Bonchev–Trinajstić information content (AvgIpc) is 3.63. The van der Waals surface area contributed by atoms with Crippen LogP contribution in [-0.2, 0) is 5.41 Å². The highest BCUT2D eigenvalue weighted by Gasteiger charge is 2.46. The Labute approximate surface area is 352 Å². The van der Waals surface area contributed by atoms with Gasteiger partial charge in [-0.25, -0.2) is 0 Å². The molecule has 1 nitrogen and oxygen atoms in total. The molecule has 0 aromatic heterocycles. The molecule has 0 heterocycles. The van der Waals surface area contributed by atoms with Crippen molar-refractivity contribution in [1.82, 2.24) is 0 Å². The number of rotatable bonds is 8. The van der Waals surface area contributed by atoms with Gasteiger partial charge in [-0.1, -0.05) is 200 Å². The summed E-state index contributed by atoms with van der Waals surface area (Å²) >= 11 is 0. The number of hydrogen-bond acceptors (Lipinski definition) is 1. The molecule has 0 saturated heterocycles. The summed E-state index contributed by atoms with van der Waals surface area (Å²) < 4.78 is 0. The van der Waals surface area contributed by atoms with Gasteiger partial charge in [-0.15, -0.1) is 0 Å². The molecule has 11 rings (SSSR count). The minimum absolute atomic E-state index is 0.524. The summed E-state index contributed by atoms with van der Waals surface area (Å²) in [6.07, 6.45) is 0. The summed E-state index contributed by atoms with van der Waals surface area (Å²) in [6.45, 7) is 0. The zero-order valence-electron chi connectivity index (χ0n) is 33.1. The molecule has 60 heavy (non-hydrogen) atoms. The summed E-state index contributed by atoms with van der Waals surface area (Å²) in [4.78, 5) is 2.47. The Balaban J connectivity index is 1.18. The predicted octanol–water partition coefficient (Wildman–Crippen LogP) is 15.7. The fourth-order valence-corrected chi connectivity index (χ4v) is 9.55. The smallest absolute Gasteiger partial charge is 0.0714 e. The number of anilines is 3. The van der Waals surface area contributed by atoms with Gasteiger partial charge in [-0.3, -0.25) is 0 Å². The topological polar surface area (TPSA) is 3.24 Å². The van der Waals surface area contributed by atoms with Crippen molar-refractivity contribution >= 4 is 27.8 Å². The summed E-state index contributed by atoms with van der Waals surface area (Å²) in [6, 6.07) is 91.2. The first kappa shape index (κ1) is 35.4. The number of fused-ring (bicyclic) bond motifs is 4. The highest BCUT2D eigenvalue weighted by Crippen LogP contribution is 2.57. The molecule has 1 aliphatic rings. The maximum absolute atomic E-state index is 2.47. The fraction of sp³-hybridized carbons (Fsp3) is 0.0169. The van der Waals surface area contributed by atoms with E-state index in [-0.39, 0.29) is 0 Å². The van der Waals surface area contributed by atoms with Gasteiger partial charge in [0.1, 0.15) is 0 Å². The van der Waals surface area contributed by atoms with E-state index in [1.807, 2.05) is 0 Å². The molecular formula is C59H41N. The molecule has 282 valence electrons. The summed E-state index contributed by atoms with van der Waals surface area (Å²) in [5.74, 6) is 0. The lowest BCUT2D eigenvalue weighted by atomic mass is 9.67. The van der Waals surface area contributed by atoms with Gasteiger partial charge in [0.15, 0.2) is 0 Å². The van der Waals surface area contributed by atoms with E-state index in [2.05, 4.69) is 254 Å². The Kier molecular flexibility index (Phi) is 8.79. The first-order chi connectivity index (χ1) is 29.7. The molecule has 1 aliphatic carbocycles. The van der Waals surface area contributed by atoms with E-state index in [0.717, 1.165) is 17.1 Å². The molecule has 0 fully saturated rings. The molecule has 0 unspecified atom stereocenters. The van der Waals surface area contributed by atoms with Crippen LogP contribution < -0.4 is 4.90 Å². The summed E-state index contributed by atoms with van der Waals surface area (Å²) in [7, 11) is 0. The molecule has 0 bridgehead atoms. The summed E-state index contributed by atoms with van der Waals surface area (Å²) in [5, 5.41) is 2.47. The maximum Gasteiger partial charge on any atom is 0.0714 e. The van der Waals surface area contributed by atoms with Crippen molar-refractivity contribution in [2.24, 2.45) is 0 Å². The lowest BCUT2D eigenvalue weighted by molar-refractivity contribution is 0.768. The van der Waals surface area contributed by atoms with E-state index < -0.39 is 5.41 Å². The van der Waals surface area contributed by atoms with Gasteiger partial charge in [-0.2, -0.15) is 0 Å². The molecular weight excluding hydrogens is 723 g/mol. The Morgan fingerprint density at radius 1 is 0.250 bits per heavy atom. The van der Waals surface area contributed by atoms with E-state index in [1.54, 1.807) is 0 Å². The minimum atomic E-state index is -0.524. The van der Waals surface area contributed by atoms with Crippen molar-refractivity contribution in [2.75, 3.05) is 4.90 Å². The SMILES string of the molecule is c1ccc(-c2cc(-c3ccccc3)cc(N(c3cccc(-c4ccc5ccccc5c4)c3)c3ccc4c(c3)C(c3ccccc3)(c3ccccc3)c3ccccc3-4)c2)cc1. The van der Waals surface area contributed by atoms with Crippen molar-refractivity contribution in [3.63, 3.8) is 0 Å². The van der Waals surface area contributed by atoms with E-state index >= 15 is 0 Å². The standard InChI is InChI=1S/C59H41N/c1-5-18-42(19-6-1)48-37-49(43-20-7-2-8-21-43)40-54(39-48)60(52-29-17-24-46(38-52)47-33-32-44-22-13-14-23-45(44)36-47)53-34-35-56-55-30-15-16-31-57(55)59(58(56)41-53,50-25-9-3-10-26-50)51-27-11-4-12-28-51/h1-41H. The molecule has 1 heteroatoms. The van der Waals surface area contributed by atoms with E-state index in [1.165, 1.54) is 77.5 Å². The van der Waals surface area contributed by atoms with Crippen LogP contribution >= 0.6 is 0 Å². The normalized spacial score (nSPS) is 12.5. The Bertz CT molecular complexity index is 3040. The van der Waals surface area contributed by atoms with Gasteiger partial charge in [0.25, 0.3) is 0 Å². The van der Waals surface area contributed by atoms with Gasteiger partial charge in [-0.05, 0) is 126 Å². The van der Waals surface area contributed by atoms with Crippen LogP contribution in [0.15, 0.2) is 249 Å². The van der Waals surface area contributed by atoms with E-state index in [4.69, 9.17) is 0 Å². The summed E-state index contributed by atoms with van der Waals surface area (Å²) in [5.41, 5.74) is 17.4. The molecule has 0 aliphatic heterocycles. The van der Waals surface area contributed by atoms with Crippen molar-refractivity contribution in [2.45, 2.75) is 5.41 Å². The Hall–Kier alpha value is -7.74. The van der Waals surface area contributed by atoms with Crippen LogP contribution in [0.2, 0.25) is 0 Å². The van der Waals surface area contributed by atoms with Crippen LogP contribution in [0.3, 0.4) is 0 Å². The Morgan fingerprint density at radius 2 is 0.750 bits per heavy atom. The van der Waals surface area contributed by atoms with Crippen molar-refractivity contribution in [3.05, 3.63) is 271 Å². The van der Waals surface area contributed by atoms with Crippen LogP contribution in [0.5, 0.6) is 0 Å². The maximum atomic E-state index is 2.47. The van der Waals surface area contributed by atoms with Gasteiger partial charge in [0.05, 0.1) is 5.41 Å². The monoisotopic (exact) mass is 763 g/mol. The zero-order chi connectivity index (χ0) is 39.9. The van der Waals surface area contributed by atoms with Crippen LogP contribution in [0.1, 0.15) is 22.3 Å². The molecule has 10 aromatic rings. The van der Waals surface area contributed by atoms with Crippen LogP contribution in [0.25, 0.3) is 55.3 Å². The molecule has 0 spiro atoms. The average molecular weight is 764 g/mol. The highest BCUT2D eigenvalue weighted by molar-refractivity contribution is 5.92. The second-order valence-electron chi connectivity index (χ2n) is 15.7. The van der Waals surface area contributed by atoms with Crippen LogP contribution in [0, 0.1) is 0 Å².